The average molecular weight is 636 g/mol. The number of likely N-dealkylation sites (tertiary alicyclic amines) is 1. The van der Waals surface area contributed by atoms with E-state index in [1.165, 1.54) is 11.0 Å². The zero-order valence-corrected chi connectivity index (χ0v) is 26.2. The summed E-state index contributed by atoms with van der Waals surface area (Å²) in [5, 5.41) is 1.59. The lowest BCUT2D eigenvalue weighted by Crippen LogP contribution is -2.57. The molecular weight excluding hydrogens is 600 g/mol. The average Bonchev–Trinajstić information content (AvgIpc) is 3.36. The van der Waals surface area contributed by atoms with Crippen LogP contribution in [0.25, 0.3) is 15.6 Å². The molecule has 4 heterocycles. The van der Waals surface area contributed by atoms with Gasteiger partial charge in [-0.1, -0.05) is 43.3 Å². The van der Waals surface area contributed by atoms with E-state index in [4.69, 9.17) is 32.9 Å². The normalized spacial score (nSPS) is 22.0. The predicted molar refractivity (Wildman–Crippen MR) is 171 cm³/mol. The SMILES string of the molecule is [C-]#[N+]C[C@H]1CN(c2nc(OC[C@@H]3C[C@@H](C)CN3C)nc3c2CCN(c2cccc4ccc(F)c(Cl)c24)C3)CCN1C(=O)C(=C)F. The third-order valence-electron chi connectivity index (χ3n) is 9.16. The van der Waals surface area contributed by atoms with E-state index in [1.807, 2.05) is 18.2 Å². The molecule has 236 valence electrons. The first-order valence-electron chi connectivity index (χ1n) is 15.2. The molecule has 0 unspecified atom stereocenters. The monoisotopic (exact) mass is 635 g/mol. The van der Waals surface area contributed by atoms with Crippen LogP contribution in [0.2, 0.25) is 5.02 Å². The van der Waals surface area contributed by atoms with Gasteiger partial charge >= 0.3 is 6.01 Å². The third kappa shape index (κ3) is 6.14. The van der Waals surface area contributed by atoms with Crippen molar-refractivity contribution in [2.45, 2.75) is 38.4 Å². The number of carbonyl (C=O) groups excluding carboxylic acids is 1. The summed E-state index contributed by atoms with van der Waals surface area (Å²) >= 11 is 6.49. The van der Waals surface area contributed by atoms with Crippen molar-refractivity contribution in [1.82, 2.24) is 19.8 Å². The highest BCUT2D eigenvalue weighted by molar-refractivity contribution is 6.36. The van der Waals surface area contributed by atoms with Crippen molar-refractivity contribution in [2.75, 3.05) is 62.7 Å². The van der Waals surface area contributed by atoms with E-state index in [9.17, 15) is 13.6 Å². The highest BCUT2D eigenvalue weighted by atomic mass is 35.5. The van der Waals surface area contributed by atoms with Gasteiger partial charge in [-0.3, -0.25) is 9.69 Å². The van der Waals surface area contributed by atoms with Crippen molar-refractivity contribution in [2.24, 2.45) is 5.92 Å². The second kappa shape index (κ2) is 12.8. The molecule has 0 saturated carbocycles. The molecule has 1 amide bonds. The van der Waals surface area contributed by atoms with Gasteiger partial charge in [-0.15, -0.1) is 0 Å². The molecule has 3 aliphatic rings. The van der Waals surface area contributed by atoms with Gasteiger partial charge in [0.25, 0.3) is 5.91 Å². The lowest BCUT2D eigenvalue weighted by atomic mass is 10.0. The van der Waals surface area contributed by atoms with Crippen LogP contribution in [0.5, 0.6) is 6.01 Å². The van der Waals surface area contributed by atoms with Crippen LogP contribution in [0, 0.1) is 18.3 Å². The van der Waals surface area contributed by atoms with Crippen molar-refractivity contribution >= 4 is 39.8 Å². The molecule has 2 saturated heterocycles. The molecule has 9 nitrogen and oxygen atoms in total. The van der Waals surface area contributed by atoms with Crippen LogP contribution in [0.1, 0.15) is 24.6 Å². The van der Waals surface area contributed by atoms with E-state index in [2.05, 4.69) is 40.1 Å². The second-order valence-corrected chi connectivity index (χ2v) is 12.6. The summed E-state index contributed by atoms with van der Waals surface area (Å²) in [6.07, 6.45) is 1.62. The Kier molecular flexibility index (Phi) is 8.80. The van der Waals surface area contributed by atoms with Crippen LogP contribution >= 0.6 is 11.6 Å². The Morgan fingerprint density at radius 2 is 1.98 bits per heavy atom. The molecule has 6 rings (SSSR count). The number of nitrogens with zero attached hydrogens (tertiary/aromatic N) is 7. The standard InChI is InChI=1S/C33H36ClF2N7O2/c1-20-14-23(40(4)16-20)19-45-33-38-27-18-41(28-7-5-6-22-8-9-26(36)30(34)29(22)28)11-10-25(27)31(39-33)42-12-13-43(32(44)21(2)35)24(17-42)15-37-3/h5-9,20,23-24H,2,10-19H2,1,4H3/t20-,23+,24+/m1/s1. The zero-order chi connectivity index (χ0) is 31.8. The summed E-state index contributed by atoms with van der Waals surface area (Å²) in [5.74, 6) is -1.01. The van der Waals surface area contributed by atoms with E-state index in [-0.39, 0.29) is 30.2 Å². The first kappa shape index (κ1) is 31.0. The Bertz CT molecular complexity index is 1680. The van der Waals surface area contributed by atoms with E-state index in [0.29, 0.717) is 56.3 Å². The number of ether oxygens (including phenoxy) is 1. The molecule has 0 aliphatic carbocycles. The van der Waals surface area contributed by atoms with Gasteiger partial charge in [-0.2, -0.15) is 9.97 Å². The molecule has 45 heavy (non-hydrogen) atoms. The first-order valence-corrected chi connectivity index (χ1v) is 15.6. The van der Waals surface area contributed by atoms with Crippen LogP contribution in [-0.2, 0) is 17.8 Å². The minimum absolute atomic E-state index is 0.0323. The van der Waals surface area contributed by atoms with Crippen LogP contribution in [0.3, 0.4) is 0 Å². The number of hydrogen-bond donors (Lipinski definition) is 0. The summed E-state index contributed by atoms with van der Waals surface area (Å²) in [6, 6.07) is 8.89. The zero-order valence-electron chi connectivity index (χ0n) is 25.5. The van der Waals surface area contributed by atoms with Gasteiger partial charge in [-0.25, -0.2) is 15.4 Å². The summed E-state index contributed by atoms with van der Waals surface area (Å²) in [5.41, 5.74) is 2.57. The Morgan fingerprint density at radius 1 is 1.16 bits per heavy atom. The number of anilines is 2. The number of rotatable bonds is 7. The third-order valence-corrected chi connectivity index (χ3v) is 9.53. The number of hydrogen-bond acceptors (Lipinski definition) is 7. The maximum atomic E-state index is 14.6. The number of piperazine rings is 1. The highest BCUT2D eigenvalue weighted by Crippen LogP contribution is 2.38. The Hall–Kier alpha value is -4.01. The minimum atomic E-state index is -1.03. The lowest BCUT2D eigenvalue weighted by Gasteiger charge is -2.41. The van der Waals surface area contributed by atoms with Gasteiger partial charge in [0.2, 0.25) is 6.54 Å². The molecule has 0 bridgehead atoms. The van der Waals surface area contributed by atoms with Gasteiger partial charge < -0.3 is 24.3 Å². The second-order valence-electron chi connectivity index (χ2n) is 12.3. The predicted octanol–water partition coefficient (Wildman–Crippen LogP) is 5.12. The maximum absolute atomic E-state index is 14.6. The molecule has 0 spiro atoms. The molecule has 2 aromatic carbocycles. The lowest BCUT2D eigenvalue weighted by molar-refractivity contribution is -0.131. The van der Waals surface area contributed by atoms with Gasteiger partial charge in [0, 0.05) is 55.4 Å². The molecule has 3 atom stereocenters. The minimum Gasteiger partial charge on any atom is -0.462 e. The highest BCUT2D eigenvalue weighted by Gasteiger charge is 2.36. The molecule has 3 aliphatic heterocycles. The summed E-state index contributed by atoms with van der Waals surface area (Å²) in [6.45, 7) is 16.3. The maximum Gasteiger partial charge on any atom is 0.318 e. The van der Waals surface area contributed by atoms with E-state index in [1.54, 1.807) is 6.07 Å². The van der Waals surface area contributed by atoms with Crippen molar-refractivity contribution in [1.29, 1.82) is 0 Å². The largest absolute Gasteiger partial charge is 0.462 e. The number of benzene rings is 2. The Balaban J connectivity index is 1.34. The quantitative estimate of drug-likeness (QED) is 0.264. The number of fused-ring (bicyclic) bond motifs is 2. The number of halogens is 3. The molecule has 12 heteroatoms. The van der Waals surface area contributed by atoms with E-state index >= 15 is 0 Å². The Labute approximate surface area is 266 Å². The van der Waals surface area contributed by atoms with E-state index in [0.717, 1.165) is 35.3 Å². The Morgan fingerprint density at radius 3 is 2.71 bits per heavy atom. The number of amides is 1. The van der Waals surface area contributed by atoms with Crippen molar-refractivity contribution in [3.63, 3.8) is 0 Å². The van der Waals surface area contributed by atoms with Crippen molar-refractivity contribution in [3.05, 3.63) is 76.3 Å². The van der Waals surface area contributed by atoms with Crippen LogP contribution in [0.4, 0.5) is 20.3 Å². The fourth-order valence-electron chi connectivity index (χ4n) is 6.93. The molecule has 3 aromatic rings. The van der Waals surface area contributed by atoms with Crippen LogP contribution in [0.15, 0.2) is 42.7 Å². The number of carbonyl (C=O) groups is 1. The summed E-state index contributed by atoms with van der Waals surface area (Å²) in [7, 11) is 2.09. The van der Waals surface area contributed by atoms with Crippen molar-refractivity contribution in [3.8, 4) is 6.01 Å². The summed E-state index contributed by atoms with van der Waals surface area (Å²) in [4.78, 5) is 33.7. The molecule has 1 aromatic heterocycles. The molecular formula is C33H36ClF2N7O2. The van der Waals surface area contributed by atoms with Crippen LogP contribution < -0.4 is 14.5 Å². The molecule has 0 radical (unpaired) electrons. The van der Waals surface area contributed by atoms with Gasteiger partial charge in [-0.05, 0) is 43.3 Å². The van der Waals surface area contributed by atoms with Gasteiger partial charge in [0.1, 0.15) is 24.3 Å². The number of aromatic nitrogens is 2. The van der Waals surface area contributed by atoms with E-state index < -0.39 is 23.6 Å². The molecule has 0 N–H and O–H groups in total. The fraction of sp³-hybridized carbons (Fsp3) is 0.455. The smallest absolute Gasteiger partial charge is 0.318 e. The molecule has 2 fully saturated rings. The first-order chi connectivity index (χ1) is 21.6. The van der Waals surface area contributed by atoms with Gasteiger partial charge in [0.15, 0.2) is 5.83 Å². The topological polar surface area (TPSA) is 69.4 Å². The fourth-order valence-corrected chi connectivity index (χ4v) is 7.20. The van der Waals surface area contributed by atoms with Gasteiger partial charge in [0.05, 0.1) is 17.3 Å². The van der Waals surface area contributed by atoms with Crippen LogP contribution in [-0.4, -0.2) is 90.7 Å². The van der Waals surface area contributed by atoms with Crippen molar-refractivity contribution < 1.29 is 18.3 Å². The number of likely N-dealkylation sites (N-methyl/N-ethyl adjacent to an activating group) is 1. The summed E-state index contributed by atoms with van der Waals surface area (Å²) < 4.78 is 34.6.